The Balaban J connectivity index is 2.06. The first kappa shape index (κ1) is 12.9. The first-order chi connectivity index (χ1) is 8.19. The maximum Gasteiger partial charge on any atom is 0.325 e. The highest BCUT2D eigenvalue weighted by molar-refractivity contribution is 8.01. The fourth-order valence-electron chi connectivity index (χ4n) is 2.05. The van der Waals surface area contributed by atoms with Gasteiger partial charge in [-0.05, 0) is 36.8 Å². The average molecular weight is 271 g/mol. The molecule has 0 aromatic carbocycles. The number of thiophene rings is 1. The molecule has 1 aromatic heterocycles. The van der Waals surface area contributed by atoms with Gasteiger partial charge < -0.3 is 10.4 Å². The molecular formula is C12H17NO2S2. The highest BCUT2D eigenvalue weighted by Gasteiger charge is 2.50. The predicted octanol–water partition coefficient (Wildman–Crippen LogP) is 2.68. The highest BCUT2D eigenvalue weighted by Crippen LogP contribution is 2.43. The van der Waals surface area contributed by atoms with E-state index in [9.17, 15) is 9.90 Å². The van der Waals surface area contributed by atoms with Gasteiger partial charge in [-0.25, -0.2) is 0 Å². The van der Waals surface area contributed by atoms with Crippen molar-refractivity contribution in [3.8, 4) is 0 Å². The molecule has 94 valence electrons. The second-order valence-electron chi connectivity index (χ2n) is 4.30. The van der Waals surface area contributed by atoms with Crippen LogP contribution in [0, 0.1) is 5.92 Å². The molecule has 1 unspecified atom stereocenters. The van der Waals surface area contributed by atoms with E-state index in [0.717, 1.165) is 12.8 Å². The van der Waals surface area contributed by atoms with Gasteiger partial charge in [0.15, 0.2) is 0 Å². The van der Waals surface area contributed by atoms with Crippen LogP contribution in [0.4, 0.5) is 0 Å². The van der Waals surface area contributed by atoms with Gasteiger partial charge in [0.1, 0.15) is 5.54 Å². The SMILES string of the molecule is CCNC(CSc1cccs1)(C(=O)O)C1CC1. The molecule has 0 amide bonds. The van der Waals surface area contributed by atoms with Crippen LogP contribution in [0.1, 0.15) is 19.8 Å². The number of nitrogens with one attached hydrogen (secondary N) is 1. The number of carbonyl (C=O) groups is 1. The smallest absolute Gasteiger partial charge is 0.325 e. The zero-order valence-corrected chi connectivity index (χ0v) is 11.4. The summed E-state index contributed by atoms with van der Waals surface area (Å²) >= 11 is 3.31. The summed E-state index contributed by atoms with van der Waals surface area (Å²) in [5, 5.41) is 14.7. The Bertz CT molecular complexity index is 376. The minimum Gasteiger partial charge on any atom is -0.480 e. The Morgan fingerprint density at radius 2 is 2.47 bits per heavy atom. The molecule has 5 heteroatoms. The van der Waals surface area contributed by atoms with Gasteiger partial charge in [0.2, 0.25) is 0 Å². The van der Waals surface area contributed by atoms with Gasteiger partial charge in [0.25, 0.3) is 0 Å². The standard InChI is InChI=1S/C12H17NO2S2/c1-2-13-12(11(14)15,9-5-6-9)8-17-10-4-3-7-16-10/h3-4,7,9,13H,2,5-6,8H2,1H3,(H,14,15). The van der Waals surface area contributed by atoms with Gasteiger partial charge in [-0.15, -0.1) is 23.1 Å². The summed E-state index contributed by atoms with van der Waals surface area (Å²) in [5.74, 6) is 0.208. The molecule has 1 atom stereocenters. The van der Waals surface area contributed by atoms with Crippen molar-refractivity contribution >= 4 is 29.1 Å². The molecule has 1 fully saturated rings. The van der Waals surface area contributed by atoms with Crippen LogP contribution in [0.25, 0.3) is 0 Å². The molecule has 0 bridgehead atoms. The first-order valence-electron chi connectivity index (χ1n) is 5.84. The average Bonchev–Trinajstić information content (AvgIpc) is 3.02. The number of thioether (sulfide) groups is 1. The lowest BCUT2D eigenvalue weighted by Gasteiger charge is -2.29. The number of rotatable bonds is 7. The van der Waals surface area contributed by atoms with E-state index in [2.05, 4.69) is 5.32 Å². The number of hydrogen-bond acceptors (Lipinski definition) is 4. The minimum atomic E-state index is -0.733. The molecule has 0 radical (unpaired) electrons. The van der Waals surface area contributed by atoms with Crippen LogP contribution in [0.5, 0.6) is 0 Å². The van der Waals surface area contributed by atoms with Crippen molar-refractivity contribution in [3.63, 3.8) is 0 Å². The predicted molar refractivity (Wildman–Crippen MR) is 71.8 cm³/mol. The maximum absolute atomic E-state index is 11.6. The highest BCUT2D eigenvalue weighted by atomic mass is 32.2. The third-order valence-electron chi connectivity index (χ3n) is 3.09. The lowest BCUT2D eigenvalue weighted by molar-refractivity contribution is -0.144. The van der Waals surface area contributed by atoms with Gasteiger partial charge in [-0.1, -0.05) is 13.0 Å². The summed E-state index contributed by atoms with van der Waals surface area (Å²) in [6, 6.07) is 4.04. The van der Waals surface area contributed by atoms with E-state index >= 15 is 0 Å². The van der Waals surface area contributed by atoms with Gasteiger partial charge >= 0.3 is 5.97 Å². The largest absolute Gasteiger partial charge is 0.480 e. The molecule has 0 aliphatic heterocycles. The fraction of sp³-hybridized carbons (Fsp3) is 0.583. The molecule has 0 spiro atoms. The summed E-state index contributed by atoms with van der Waals surface area (Å²) in [5.41, 5.74) is -0.733. The van der Waals surface area contributed by atoms with Crippen LogP contribution in [-0.2, 0) is 4.79 Å². The van der Waals surface area contributed by atoms with E-state index in [1.165, 1.54) is 4.21 Å². The molecule has 0 saturated heterocycles. The van der Waals surface area contributed by atoms with Crippen LogP contribution < -0.4 is 5.32 Å². The third-order valence-corrected chi connectivity index (χ3v) is 5.41. The van der Waals surface area contributed by atoms with Gasteiger partial charge in [-0.2, -0.15) is 0 Å². The van der Waals surface area contributed by atoms with Gasteiger partial charge in [0.05, 0.1) is 4.21 Å². The Hall–Kier alpha value is -0.520. The van der Waals surface area contributed by atoms with Crippen molar-refractivity contribution < 1.29 is 9.90 Å². The summed E-state index contributed by atoms with van der Waals surface area (Å²) in [6.07, 6.45) is 2.06. The number of carboxylic acid groups (broad SMARTS) is 1. The summed E-state index contributed by atoms with van der Waals surface area (Å²) in [6.45, 7) is 2.67. The van der Waals surface area contributed by atoms with Gasteiger partial charge in [0, 0.05) is 5.75 Å². The summed E-state index contributed by atoms with van der Waals surface area (Å²) < 4.78 is 1.19. The van der Waals surface area contributed by atoms with Crippen molar-refractivity contribution in [3.05, 3.63) is 17.5 Å². The van der Waals surface area contributed by atoms with Crippen molar-refractivity contribution in [1.29, 1.82) is 0 Å². The Morgan fingerprint density at radius 3 is 2.94 bits per heavy atom. The topological polar surface area (TPSA) is 49.3 Å². The minimum absolute atomic E-state index is 0.299. The van der Waals surface area contributed by atoms with E-state index in [1.807, 2.05) is 24.4 Å². The van der Waals surface area contributed by atoms with Crippen molar-refractivity contribution in [2.75, 3.05) is 12.3 Å². The molecule has 1 aliphatic carbocycles. The molecule has 1 aromatic rings. The Kier molecular flexibility index (Phi) is 4.12. The fourth-order valence-corrected chi connectivity index (χ4v) is 4.12. The molecule has 1 aliphatic rings. The maximum atomic E-state index is 11.6. The van der Waals surface area contributed by atoms with Crippen LogP contribution in [0.15, 0.2) is 21.7 Å². The van der Waals surface area contributed by atoms with E-state index in [1.54, 1.807) is 23.1 Å². The third kappa shape index (κ3) is 2.84. The molecule has 17 heavy (non-hydrogen) atoms. The lowest BCUT2D eigenvalue weighted by Crippen LogP contribution is -2.56. The van der Waals surface area contributed by atoms with Crippen LogP contribution in [-0.4, -0.2) is 28.9 Å². The van der Waals surface area contributed by atoms with Crippen molar-refractivity contribution in [2.45, 2.75) is 29.5 Å². The summed E-state index contributed by atoms with van der Waals surface area (Å²) in [4.78, 5) is 11.6. The van der Waals surface area contributed by atoms with E-state index in [0.29, 0.717) is 18.2 Å². The van der Waals surface area contributed by atoms with Crippen molar-refractivity contribution in [2.24, 2.45) is 5.92 Å². The number of hydrogen-bond donors (Lipinski definition) is 2. The quantitative estimate of drug-likeness (QED) is 0.749. The number of likely N-dealkylation sites (N-methyl/N-ethyl adjacent to an activating group) is 1. The Labute approximate surface area is 110 Å². The molecule has 2 rings (SSSR count). The first-order valence-corrected chi connectivity index (χ1v) is 7.70. The van der Waals surface area contributed by atoms with Crippen LogP contribution in [0.2, 0.25) is 0 Å². The van der Waals surface area contributed by atoms with Crippen LogP contribution >= 0.6 is 23.1 Å². The second kappa shape index (κ2) is 5.42. The molecule has 3 nitrogen and oxygen atoms in total. The Morgan fingerprint density at radius 1 is 1.71 bits per heavy atom. The molecule has 1 saturated carbocycles. The zero-order valence-electron chi connectivity index (χ0n) is 9.81. The molecule has 1 heterocycles. The van der Waals surface area contributed by atoms with E-state index in [-0.39, 0.29) is 0 Å². The van der Waals surface area contributed by atoms with Crippen molar-refractivity contribution in [1.82, 2.24) is 5.32 Å². The normalized spacial score (nSPS) is 18.9. The van der Waals surface area contributed by atoms with E-state index < -0.39 is 11.5 Å². The van der Waals surface area contributed by atoms with Gasteiger partial charge in [-0.3, -0.25) is 4.79 Å². The number of aliphatic carboxylic acids is 1. The zero-order chi connectivity index (χ0) is 12.3. The second-order valence-corrected chi connectivity index (χ2v) is 6.53. The number of carboxylic acids is 1. The monoisotopic (exact) mass is 271 g/mol. The lowest BCUT2D eigenvalue weighted by atomic mass is 9.96. The van der Waals surface area contributed by atoms with Crippen LogP contribution in [0.3, 0.4) is 0 Å². The van der Waals surface area contributed by atoms with E-state index in [4.69, 9.17) is 0 Å². The molecule has 2 N–H and O–H groups in total. The molecular weight excluding hydrogens is 254 g/mol. The summed E-state index contributed by atoms with van der Waals surface area (Å²) in [7, 11) is 0.